The molecule has 28 heavy (non-hydrogen) atoms. The molecule has 4 rings (SSSR count). The van der Waals surface area contributed by atoms with Crippen LogP contribution in [-0.4, -0.2) is 26.0 Å². The van der Waals surface area contributed by atoms with E-state index >= 15 is 0 Å². The third-order valence-corrected chi connectivity index (χ3v) is 4.25. The van der Waals surface area contributed by atoms with Crippen molar-refractivity contribution in [2.24, 2.45) is 0 Å². The smallest absolute Gasteiger partial charge is 0.270 e. The molecule has 1 amide bonds. The molecule has 0 saturated heterocycles. The summed E-state index contributed by atoms with van der Waals surface area (Å²) < 4.78 is 0. The first-order valence-electron chi connectivity index (χ1n) is 8.53. The Morgan fingerprint density at radius 3 is 2.68 bits per heavy atom. The Balaban J connectivity index is 1.46. The lowest BCUT2D eigenvalue weighted by atomic mass is 10.1. The molecule has 0 aliphatic carbocycles. The van der Waals surface area contributed by atoms with Crippen molar-refractivity contribution in [3.8, 4) is 11.4 Å². The number of nitro benzene ring substituents is 1. The molecule has 1 heterocycles. The summed E-state index contributed by atoms with van der Waals surface area (Å²) in [6.45, 7) is 0. The summed E-state index contributed by atoms with van der Waals surface area (Å²) >= 11 is 0. The number of hydrogen-bond acceptors (Lipinski definition) is 5. The SMILES string of the molecule is O=C(Cc1ccc2ccccc2c1)Nc1n[nH]c(-c2cccc([N+](=O)[O-])c2)n1. The molecular formula is C20H15N5O3. The molecule has 0 unspecified atom stereocenters. The van der Waals surface area contributed by atoms with Crippen LogP contribution in [0, 0.1) is 10.1 Å². The fourth-order valence-electron chi connectivity index (χ4n) is 2.92. The van der Waals surface area contributed by atoms with Crippen molar-refractivity contribution in [3.05, 3.63) is 82.4 Å². The molecule has 0 aliphatic rings. The molecule has 1 aromatic heterocycles. The fourth-order valence-corrected chi connectivity index (χ4v) is 2.92. The van der Waals surface area contributed by atoms with Gasteiger partial charge in [-0.2, -0.15) is 4.98 Å². The van der Waals surface area contributed by atoms with Crippen molar-refractivity contribution in [2.75, 3.05) is 5.32 Å². The highest BCUT2D eigenvalue weighted by atomic mass is 16.6. The van der Waals surface area contributed by atoms with Crippen LogP contribution >= 0.6 is 0 Å². The van der Waals surface area contributed by atoms with Gasteiger partial charge in [0.1, 0.15) is 0 Å². The predicted molar refractivity (Wildman–Crippen MR) is 105 cm³/mol. The lowest BCUT2D eigenvalue weighted by Crippen LogP contribution is -2.15. The number of amides is 1. The van der Waals surface area contributed by atoms with Gasteiger partial charge in [0.25, 0.3) is 5.69 Å². The first-order valence-corrected chi connectivity index (χ1v) is 8.53. The van der Waals surface area contributed by atoms with Gasteiger partial charge in [0.2, 0.25) is 11.9 Å². The third-order valence-electron chi connectivity index (χ3n) is 4.25. The summed E-state index contributed by atoms with van der Waals surface area (Å²) in [7, 11) is 0. The number of aromatic amines is 1. The van der Waals surface area contributed by atoms with Crippen molar-refractivity contribution in [3.63, 3.8) is 0 Å². The lowest BCUT2D eigenvalue weighted by molar-refractivity contribution is -0.384. The van der Waals surface area contributed by atoms with Gasteiger partial charge in [-0.1, -0.05) is 54.6 Å². The number of anilines is 1. The van der Waals surface area contributed by atoms with Crippen LogP contribution in [0.2, 0.25) is 0 Å². The summed E-state index contributed by atoms with van der Waals surface area (Å²) in [6.07, 6.45) is 0.186. The molecule has 0 radical (unpaired) electrons. The van der Waals surface area contributed by atoms with Gasteiger partial charge in [0, 0.05) is 17.7 Å². The van der Waals surface area contributed by atoms with Crippen LogP contribution in [0.4, 0.5) is 11.6 Å². The maximum absolute atomic E-state index is 12.3. The zero-order valence-corrected chi connectivity index (χ0v) is 14.6. The molecule has 0 aliphatic heterocycles. The predicted octanol–water partition coefficient (Wildman–Crippen LogP) is 3.71. The molecule has 3 aromatic carbocycles. The standard InChI is InChI=1S/C20H15N5O3/c26-18(11-13-8-9-14-4-1-2-5-15(14)10-13)21-20-22-19(23-24-20)16-6-3-7-17(12-16)25(27)28/h1-10,12H,11H2,(H2,21,22,23,24,26). The average Bonchev–Trinajstić information content (AvgIpc) is 3.16. The first-order chi connectivity index (χ1) is 13.6. The quantitative estimate of drug-likeness (QED) is 0.409. The number of nitrogens with one attached hydrogen (secondary N) is 2. The second-order valence-corrected chi connectivity index (χ2v) is 6.22. The van der Waals surface area contributed by atoms with Crippen LogP contribution in [0.15, 0.2) is 66.7 Å². The van der Waals surface area contributed by atoms with Crippen molar-refractivity contribution in [1.82, 2.24) is 15.2 Å². The summed E-state index contributed by atoms with van der Waals surface area (Å²) in [5.74, 6) is 0.205. The van der Waals surface area contributed by atoms with Gasteiger partial charge in [-0.25, -0.2) is 0 Å². The van der Waals surface area contributed by atoms with Crippen LogP contribution in [-0.2, 0) is 11.2 Å². The monoisotopic (exact) mass is 373 g/mol. The molecule has 0 bridgehead atoms. The second kappa shape index (κ2) is 7.28. The molecule has 0 spiro atoms. The van der Waals surface area contributed by atoms with Crippen LogP contribution in [0.1, 0.15) is 5.56 Å². The zero-order valence-electron chi connectivity index (χ0n) is 14.6. The maximum Gasteiger partial charge on any atom is 0.270 e. The van der Waals surface area contributed by atoms with E-state index in [1.807, 2.05) is 42.5 Å². The number of aromatic nitrogens is 3. The minimum absolute atomic E-state index is 0.0456. The van der Waals surface area contributed by atoms with Crippen LogP contribution in [0.5, 0.6) is 0 Å². The molecule has 0 saturated carbocycles. The molecular weight excluding hydrogens is 358 g/mol. The minimum Gasteiger partial charge on any atom is -0.293 e. The highest BCUT2D eigenvalue weighted by Crippen LogP contribution is 2.21. The van der Waals surface area contributed by atoms with Gasteiger partial charge in [-0.15, -0.1) is 5.10 Å². The second-order valence-electron chi connectivity index (χ2n) is 6.22. The Hall–Kier alpha value is -4.07. The number of rotatable bonds is 5. The topological polar surface area (TPSA) is 114 Å². The number of fused-ring (bicyclic) bond motifs is 1. The Morgan fingerprint density at radius 1 is 1.04 bits per heavy atom. The molecule has 0 atom stereocenters. The largest absolute Gasteiger partial charge is 0.293 e. The summed E-state index contributed by atoms with van der Waals surface area (Å²) in [5, 5.41) is 22.4. The highest BCUT2D eigenvalue weighted by molar-refractivity contribution is 5.92. The number of benzene rings is 3. The van der Waals surface area contributed by atoms with Crippen LogP contribution < -0.4 is 5.32 Å². The van der Waals surface area contributed by atoms with E-state index in [1.165, 1.54) is 12.1 Å². The Kier molecular flexibility index (Phi) is 4.51. The summed E-state index contributed by atoms with van der Waals surface area (Å²) in [5.41, 5.74) is 1.35. The van der Waals surface area contributed by atoms with Gasteiger partial charge in [-0.3, -0.25) is 25.3 Å². The Labute approximate surface area is 159 Å². The highest BCUT2D eigenvalue weighted by Gasteiger charge is 2.12. The third kappa shape index (κ3) is 3.70. The summed E-state index contributed by atoms with van der Waals surface area (Å²) in [6, 6.07) is 19.8. The van der Waals surface area contributed by atoms with Crippen molar-refractivity contribution >= 4 is 28.3 Å². The zero-order chi connectivity index (χ0) is 19.5. The molecule has 8 heteroatoms. The fraction of sp³-hybridized carbons (Fsp3) is 0.0500. The van der Waals surface area contributed by atoms with Gasteiger partial charge >= 0.3 is 0 Å². The van der Waals surface area contributed by atoms with Crippen molar-refractivity contribution in [2.45, 2.75) is 6.42 Å². The van der Waals surface area contributed by atoms with E-state index in [0.29, 0.717) is 11.4 Å². The normalized spacial score (nSPS) is 10.7. The van der Waals surface area contributed by atoms with Gasteiger partial charge in [-0.05, 0) is 16.3 Å². The molecule has 2 N–H and O–H groups in total. The number of H-pyrrole nitrogens is 1. The molecule has 0 fully saturated rings. The van der Waals surface area contributed by atoms with Gasteiger partial charge in [0.15, 0.2) is 5.82 Å². The summed E-state index contributed by atoms with van der Waals surface area (Å²) in [4.78, 5) is 26.9. The van der Waals surface area contributed by atoms with Crippen molar-refractivity contribution in [1.29, 1.82) is 0 Å². The van der Waals surface area contributed by atoms with E-state index in [2.05, 4.69) is 20.5 Å². The van der Waals surface area contributed by atoms with E-state index in [9.17, 15) is 14.9 Å². The molecule has 138 valence electrons. The van der Waals surface area contributed by atoms with Crippen LogP contribution in [0.25, 0.3) is 22.2 Å². The number of hydrogen-bond donors (Lipinski definition) is 2. The number of carbonyl (C=O) groups excluding carboxylic acids is 1. The van der Waals surface area contributed by atoms with E-state index in [-0.39, 0.29) is 24.0 Å². The minimum atomic E-state index is -0.480. The lowest BCUT2D eigenvalue weighted by Gasteiger charge is -2.03. The molecule has 8 nitrogen and oxygen atoms in total. The maximum atomic E-state index is 12.3. The van der Waals surface area contributed by atoms with E-state index < -0.39 is 4.92 Å². The van der Waals surface area contributed by atoms with Gasteiger partial charge in [0.05, 0.1) is 11.3 Å². The van der Waals surface area contributed by atoms with E-state index in [0.717, 1.165) is 16.3 Å². The number of carbonyl (C=O) groups is 1. The Morgan fingerprint density at radius 2 is 1.86 bits per heavy atom. The number of nitro groups is 1. The average molecular weight is 373 g/mol. The number of nitrogens with zero attached hydrogens (tertiary/aromatic N) is 3. The van der Waals surface area contributed by atoms with Crippen LogP contribution in [0.3, 0.4) is 0 Å². The van der Waals surface area contributed by atoms with Crippen molar-refractivity contribution < 1.29 is 9.72 Å². The van der Waals surface area contributed by atoms with Gasteiger partial charge < -0.3 is 0 Å². The number of non-ortho nitro benzene ring substituents is 1. The first kappa shape index (κ1) is 17.3. The molecule has 4 aromatic rings. The Bertz CT molecular complexity index is 1190. The van der Waals surface area contributed by atoms with E-state index in [1.54, 1.807) is 12.1 Å². The van der Waals surface area contributed by atoms with E-state index in [4.69, 9.17) is 0 Å².